The van der Waals surface area contributed by atoms with Gasteiger partial charge in [-0.1, -0.05) is 50.6 Å². The number of amides is 3. The average Bonchev–Trinajstić information content (AvgIpc) is 2.98. The predicted octanol–water partition coefficient (Wildman–Crippen LogP) is 1.09. The molecule has 1 aromatic rings. The number of benzene rings is 1. The van der Waals surface area contributed by atoms with Crippen molar-refractivity contribution in [2.75, 3.05) is 13.1 Å². The van der Waals surface area contributed by atoms with E-state index in [9.17, 15) is 14.4 Å². The summed E-state index contributed by atoms with van der Waals surface area (Å²) in [6.45, 7) is 4.81. The molecular weight excluding hydrogens is 318 g/mol. The minimum absolute atomic E-state index is 0.0183. The van der Waals surface area contributed by atoms with Gasteiger partial charge in [0.2, 0.25) is 17.7 Å². The molecule has 25 heavy (non-hydrogen) atoms. The molecule has 0 radical (unpaired) electrons. The van der Waals surface area contributed by atoms with Crippen LogP contribution < -0.4 is 11.1 Å². The van der Waals surface area contributed by atoms with Crippen LogP contribution in [0.4, 0.5) is 0 Å². The molecule has 3 atom stereocenters. The Bertz CT molecular complexity index is 618. The maximum absolute atomic E-state index is 12.4. The van der Waals surface area contributed by atoms with Gasteiger partial charge in [0.1, 0.15) is 6.04 Å². The van der Waals surface area contributed by atoms with E-state index >= 15 is 0 Å². The first kappa shape index (κ1) is 19.0. The molecule has 0 aromatic heterocycles. The Morgan fingerprint density at radius 3 is 2.60 bits per heavy atom. The van der Waals surface area contributed by atoms with Crippen molar-refractivity contribution in [1.29, 1.82) is 0 Å². The summed E-state index contributed by atoms with van der Waals surface area (Å²) in [5, 5.41) is 2.73. The number of likely N-dealkylation sites (tertiary alicyclic amines) is 1. The molecule has 3 unspecified atom stereocenters. The summed E-state index contributed by atoms with van der Waals surface area (Å²) in [6.07, 6.45) is 1.69. The summed E-state index contributed by atoms with van der Waals surface area (Å²) < 4.78 is 0. The molecule has 6 nitrogen and oxygen atoms in total. The van der Waals surface area contributed by atoms with Crippen LogP contribution in [0.1, 0.15) is 32.3 Å². The third-order valence-corrected chi connectivity index (χ3v) is 4.92. The topological polar surface area (TPSA) is 92.5 Å². The molecule has 0 bridgehead atoms. The molecule has 0 aliphatic carbocycles. The van der Waals surface area contributed by atoms with Crippen LogP contribution in [0.25, 0.3) is 0 Å². The van der Waals surface area contributed by atoms with Gasteiger partial charge in [0.25, 0.3) is 0 Å². The largest absolute Gasteiger partial charge is 0.368 e. The predicted molar refractivity (Wildman–Crippen MR) is 95.4 cm³/mol. The van der Waals surface area contributed by atoms with Crippen LogP contribution >= 0.6 is 0 Å². The van der Waals surface area contributed by atoms with Gasteiger partial charge in [-0.05, 0) is 17.9 Å². The molecule has 1 heterocycles. The average molecular weight is 345 g/mol. The smallest absolute Gasteiger partial charge is 0.240 e. The van der Waals surface area contributed by atoms with E-state index in [-0.39, 0.29) is 24.2 Å². The second-order valence-electron chi connectivity index (χ2n) is 6.75. The molecule has 1 aliphatic heterocycles. The fraction of sp³-hybridized carbons (Fsp3) is 0.526. The van der Waals surface area contributed by atoms with E-state index in [1.807, 2.05) is 44.2 Å². The van der Waals surface area contributed by atoms with Crippen molar-refractivity contribution in [2.24, 2.45) is 17.6 Å². The fourth-order valence-electron chi connectivity index (χ4n) is 3.07. The summed E-state index contributed by atoms with van der Waals surface area (Å²) in [7, 11) is 0. The maximum atomic E-state index is 12.4. The molecule has 1 aromatic carbocycles. The lowest BCUT2D eigenvalue weighted by Gasteiger charge is -2.23. The molecule has 3 amide bonds. The number of carbonyl (C=O) groups excluding carboxylic acids is 3. The lowest BCUT2D eigenvalue weighted by Crippen LogP contribution is -2.50. The normalized spacial score (nSPS) is 19.5. The van der Waals surface area contributed by atoms with Crippen molar-refractivity contribution in [3.63, 3.8) is 0 Å². The summed E-state index contributed by atoms with van der Waals surface area (Å²) in [5.41, 5.74) is 6.56. The Hall–Kier alpha value is -2.37. The molecule has 6 heteroatoms. The van der Waals surface area contributed by atoms with Gasteiger partial charge in [-0.3, -0.25) is 14.4 Å². The lowest BCUT2D eigenvalue weighted by molar-refractivity contribution is -0.131. The third kappa shape index (κ3) is 5.05. The first-order valence-corrected chi connectivity index (χ1v) is 8.83. The zero-order chi connectivity index (χ0) is 18.4. The number of hydrogen-bond donors (Lipinski definition) is 2. The van der Waals surface area contributed by atoms with E-state index in [2.05, 4.69) is 5.32 Å². The van der Waals surface area contributed by atoms with E-state index < -0.39 is 17.9 Å². The van der Waals surface area contributed by atoms with Gasteiger partial charge in [-0.25, -0.2) is 0 Å². The van der Waals surface area contributed by atoms with Crippen LogP contribution in [-0.2, 0) is 20.8 Å². The van der Waals surface area contributed by atoms with Crippen molar-refractivity contribution < 1.29 is 14.4 Å². The van der Waals surface area contributed by atoms with Crippen LogP contribution in [0.15, 0.2) is 30.3 Å². The van der Waals surface area contributed by atoms with Crippen LogP contribution in [-0.4, -0.2) is 41.8 Å². The Morgan fingerprint density at radius 2 is 2.00 bits per heavy atom. The first-order chi connectivity index (χ1) is 11.9. The minimum atomic E-state index is -0.689. The maximum Gasteiger partial charge on any atom is 0.240 e. The quantitative estimate of drug-likeness (QED) is 0.739. The number of nitrogens with one attached hydrogen (secondary N) is 1. The Balaban J connectivity index is 1.90. The monoisotopic (exact) mass is 345 g/mol. The Morgan fingerprint density at radius 1 is 1.32 bits per heavy atom. The van der Waals surface area contributed by atoms with Crippen molar-refractivity contribution >= 4 is 17.7 Å². The van der Waals surface area contributed by atoms with Crippen molar-refractivity contribution in [2.45, 2.75) is 39.2 Å². The summed E-state index contributed by atoms with van der Waals surface area (Å²) in [6, 6.07) is 9.25. The van der Waals surface area contributed by atoms with Gasteiger partial charge in [-0.2, -0.15) is 0 Å². The number of rotatable bonds is 8. The standard InChI is InChI=1S/C19H27N3O3/c1-3-13(2)17(18(20)24)21-19(25)15-11-16(23)22(12-15)10-9-14-7-5-4-6-8-14/h4-8,13,15,17H,3,9-12H2,1-2H3,(H2,20,24)(H,21,25). The van der Waals surface area contributed by atoms with E-state index in [1.165, 1.54) is 0 Å². The van der Waals surface area contributed by atoms with Crippen LogP contribution in [0.5, 0.6) is 0 Å². The second kappa shape index (κ2) is 8.65. The SMILES string of the molecule is CCC(C)C(NC(=O)C1CC(=O)N(CCc2ccccc2)C1)C(N)=O. The van der Waals surface area contributed by atoms with Gasteiger partial charge in [-0.15, -0.1) is 0 Å². The number of carbonyl (C=O) groups is 3. The molecule has 1 aliphatic rings. The van der Waals surface area contributed by atoms with E-state index in [1.54, 1.807) is 4.90 Å². The first-order valence-electron chi connectivity index (χ1n) is 8.83. The number of nitrogens with two attached hydrogens (primary N) is 1. The van der Waals surface area contributed by atoms with Crippen LogP contribution in [0.3, 0.4) is 0 Å². The van der Waals surface area contributed by atoms with Gasteiger partial charge in [0, 0.05) is 19.5 Å². The fourth-order valence-corrected chi connectivity index (χ4v) is 3.07. The van der Waals surface area contributed by atoms with Crippen LogP contribution in [0.2, 0.25) is 0 Å². The molecule has 3 N–H and O–H groups in total. The molecule has 2 rings (SSSR count). The lowest BCUT2D eigenvalue weighted by atomic mass is 9.97. The molecular formula is C19H27N3O3. The number of hydrogen-bond acceptors (Lipinski definition) is 3. The van der Waals surface area contributed by atoms with Gasteiger partial charge in [0.15, 0.2) is 0 Å². The molecule has 136 valence electrons. The third-order valence-electron chi connectivity index (χ3n) is 4.92. The summed E-state index contributed by atoms with van der Waals surface area (Å²) in [5.74, 6) is -1.27. The van der Waals surface area contributed by atoms with Crippen LogP contribution in [0, 0.1) is 11.8 Å². The number of nitrogens with zero attached hydrogens (tertiary/aromatic N) is 1. The van der Waals surface area contributed by atoms with Crippen molar-refractivity contribution in [1.82, 2.24) is 10.2 Å². The Labute approximate surface area is 148 Å². The van der Waals surface area contributed by atoms with Crippen molar-refractivity contribution in [3.05, 3.63) is 35.9 Å². The van der Waals surface area contributed by atoms with Gasteiger partial charge in [0.05, 0.1) is 5.92 Å². The molecule has 1 saturated heterocycles. The second-order valence-corrected chi connectivity index (χ2v) is 6.75. The Kier molecular flexibility index (Phi) is 6.56. The zero-order valence-corrected chi connectivity index (χ0v) is 14.9. The van der Waals surface area contributed by atoms with Gasteiger partial charge >= 0.3 is 0 Å². The van der Waals surface area contributed by atoms with Crippen molar-refractivity contribution in [3.8, 4) is 0 Å². The molecule has 0 saturated carbocycles. The summed E-state index contributed by atoms with van der Waals surface area (Å²) in [4.78, 5) is 37.9. The highest BCUT2D eigenvalue weighted by molar-refractivity contribution is 5.92. The van der Waals surface area contributed by atoms with E-state index in [0.29, 0.717) is 13.1 Å². The summed E-state index contributed by atoms with van der Waals surface area (Å²) >= 11 is 0. The highest BCUT2D eigenvalue weighted by atomic mass is 16.2. The number of primary amides is 1. The minimum Gasteiger partial charge on any atom is -0.368 e. The highest BCUT2D eigenvalue weighted by Crippen LogP contribution is 2.19. The van der Waals surface area contributed by atoms with E-state index in [4.69, 9.17) is 5.73 Å². The highest BCUT2D eigenvalue weighted by Gasteiger charge is 2.36. The molecule has 0 spiro atoms. The van der Waals surface area contributed by atoms with Gasteiger partial charge < -0.3 is 16.0 Å². The van der Waals surface area contributed by atoms with E-state index in [0.717, 1.165) is 18.4 Å². The zero-order valence-electron chi connectivity index (χ0n) is 14.9. The molecule has 1 fully saturated rings.